The van der Waals surface area contributed by atoms with Crippen molar-refractivity contribution >= 4 is 114 Å². The summed E-state index contributed by atoms with van der Waals surface area (Å²) in [6, 6.07) is 84.4. The van der Waals surface area contributed by atoms with Gasteiger partial charge in [0, 0.05) is 72.0 Å². The summed E-state index contributed by atoms with van der Waals surface area (Å²) in [6.45, 7) is 0. The van der Waals surface area contributed by atoms with Crippen LogP contribution in [-0.2, 0) is 0 Å². The van der Waals surface area contributed by atoms with Crippen molar-refractivity contribution in [2.75, 3.05) is 29.4 Å². The largest absolute Gasteiger partial charge is 0.423 e. The SMILES string of the molecule is c1ccc(N2c3ccc(o3)N(c3ccccc3)c3ccc(o3)N(c3ccccc3)c3ccc(o3)N(c3ccccc3)c3ccc(s3)N(c3ccccc3)c3ccc(o3)N(c3ccccc3)c3ccc2o3)cc1. The highest BCUT2D eigenvalue weighted by Gasteiger charge is 2.30. The lowest BCUT2D eigenvalue weighted by Crippen LogP contribution is -2.11. The van der Waals surface area contributed by atoms with Crippen molar-refractivity contribution in [2.24, 2.45) is 0 Å². The van der Waals surface area contributed by atoms with Gasteiger partial charge in [-0.1, -0.05) is 121 Å². The van der Waals surface area contributed by atoms with E-state index in [0.717, 1.165) is 44.1 Å². The smallest absolute Gasteiger partial charge is 0.209 e. The molecule has 6 aromatic heterocycles. The van der Waals surface area contributed by atoms with E-state index in [0.29, 0.717) is 58.8 Å². The molecule has 348 valence electrons. The third kappa shape index (κ3) is 7.83. The number of para-hydroxylation sites is 6. The van der Waals surface area contributed by atoms with Crippen LogP contribution in [0.5, 0.6) is 0 Å². The van der Waals surface area contributed by atoms with Crippen molar-refractivity contribution < 1.29 is 22.1 Å². The van der Waals surface area contributed by atoms with Crippen molar-refractivity contribution in [1.82, 2.24) is 0 Å². The predicted molar refractivity (Wildman–Crippen MR) is 287 cm³/mol. The summed E-state index contributed by atoms with van der Waals surface area (Å²) in [7, 11) is 0. The Morgan fingerprint density at radius 1 is 0.181 bits per heavy atom. The zero-order valence-electron chi connectivity index (χ0n) is 38.4. The number of fused-ring (bicyclic) bond motifs is 12. The van der Waals surface area contributed by atoms with Crippen LogP contribution in [0.4, 0.5) is 103 Å². The molecule has 12 heteroatoms. The summed E-state index contributed by atoms with van der Waals surface area (Å²) in [6.07, 6.45) is 0. The van der Waals surface area contributed by atoms with E-state index in [1.165, 1.54) is 0 Å². The number of nitrogens with zero attached hydrogens (tertiary/aromatic N) is 6. The molecule has 0 fully saturated rings. The second-order valence-electron chi connectivity index (χ2n) is 16.7. The van der Waals surface area contributed by atoms with Crippen LogP contribution in [0, 0.1) is 0 Å². The first kappa shape index (κ1) is 42.3. The maximum absolute atomic E-state index is 6.99. The molecule has 0 N–H and O–H groups in total. The average molecular weight is 959 g/mol. The number of hydrogen-bond acceptors (Lipinski definition) is 12. The van der Waals surface area contributed by atoms with Crippen molar-refractivity contribution in [3.8, 4) is 0 Å². The van der Waals surface area contributed by atoms with Crippen LogP contribution in [0.1, 0.15) is 0 Å². The van der Waals surface area contributed by atoms with E-state index >= 15 is 0 Å². The molecule has 0 radical (unpaired) electrons. The summed E-state index contributed by atoms with van der Waals surface area (Å²) in [5.41, 5.74) is 5.19. The second-order valence-corrected chi connectivity index (χ2v) is 17.7. The topological polar surface area (TPSA) is 85.1 Å². The fraction of sp³-hybridized carbons (Fsp3) is 0. The first-order valence-corrected chi connectivity index (χ1v) is 24.2. The van der Waals surface area contributed by atoms with E-state index in [1.54, 1.807) is 11.3 Å². The minimum atomic E-state index is 0.511. The Kier molecular flexibility index (Phi) is 10.7. The van der Waals surface area contributed by atoms with Gasteiger partial charge in [-0.2, -0.15) is 0 Å². The summed E-state index contributed by atoms with van der Waals surface area (Å²) < 4.78 is 34.8. The Morgan fingerprint density at radius 3 is 0.542 bits per heavy atom. The average Bonchev–Trinajstić information content (AvgIpc) is 4.32. The molecular weight excluding hydrogens is 917 g/mol. The second kappa shape index (κ2) is 18.3. The Morgan fingerprint density at radius 2 is 0.347 bits per heavy atom. The first-order chi connectivity index (χ1) is 35.7. The molecule has 0 saturated carbocycles. The van der Waals surface area contributed by atoms with Crippen molar-refractivity contribution in [1.29, 1.82) is 0 Å². The lowest BCUT2D eigenvalue weighted by Gasteiger charge is -2.24. The quantitative estimate of drug-likeness (QED) is 0.160. The molecule has 0 saturated heterocycles. The molecule has 11 nitrogen and oxygen atoms in total. The van der Waals surface area contributed by atoms with E-state index in [4.69, 9.17) is 22.1 Å². The molecule has 1 aliphatic heterocycles. The van der Waals surface area contributed by atoms with Gasteiger partial charge in [0.2, 0.25) is 58.8 Å². The van der Waals surface area contributed by atoms with Gasteiger partial charge in [0.25, 0.3) is 0 Å². The van der Waals surface area contributed by atoms with Gasteiger partial charge in [-0.15, -0.1) is 0 Å². The lowest BCUT2D eigenvalue weighted by atomic mass is 10.3. The van der Waals surface area contributed by atoms with Crippen molar-refractivity contribution in [2.45, 2.75) is 0 Å². The van der Waals surface area contributed by atoms with Crippen LogP contribution in [0.15, 0.2) is 277 Å². The van der Waals surface area contributed by atoms with Gasteiger partial charge in [0.1, 0.15) is 10.0 Å². The van der Waals surface area contributed by atoms with E-state index in [2.05, 4.69) is 46.2 Å². The summed E-state index contributed by atoms with van der Waals surface area (Å²) in [5.74, 6) is 5.40. The lowest BCUT2D eigenvalue weighted by molar-refractivity contribution is 0.525. The van der Waals surface area contributed by atoms with E-state index in [1.807, 2.05) is 238 Å². The van der Waals surface area contributed by atoms with E-state index in [9.17, 15) is 0 Å². The summed E-state index contributed by atoms with van der Waals surface area (Å²) >= 11 is 1.61. The number of rotatable bonds is 6. The Hall–Kier alpha value is -9.78. The predicted octanol–water partition coefficient (Wildman–Crippen LogP) is 18.8. The zero-order chi connectivity index (χ0) is 47.8. The fourth-order valence-electron chi connectivity index (χ4n) is 8.99. The van der Waals surface area contributed by atoms with Gasteiger partial charge in [-0.05, 0) is 84.9 Å². The van der Waals surface area contributed by atoms with Crippen LogP contribution in [-0.4, -0.2) is 0 Å². The monoisotopic (exact) mass is 958 g/mol. The van der Waals surface area contributed by atoms with E-state index < -0.39 is 0 Å². The molecular formula is C60H42N6O5S. The van der Waals surface area contributed by atoms with Crippen LogP contribution >= 0.6 is 11.3 Å². The van der Waals surface area contributed by atoms with Gasteiger partial charge < -0.3 is 22.1 Å². The highest BCUT2D eigenvalue weighted by Crippen LogP contribution is 2.51. The summed E-state index contributed by atoms with van der Waals surface area (Å²) in [5, 5.41) is 1.83. The highest BCUT2D eigenvalue weighted by atomic mass is 32.1. The maximum Gasteiger partial charge on any atom is 0.209 e. The normalized spacial score (nSPS) is 12.8. The van der Waals surface area contributed by atoms with Crippen LogP contribution in [0.25, 0.3) is 0 Å². The maximum atomic E-state index is 6.99. The number of benzene rings is 6. The Balaban J connectivity index is 1.03. The Labute approximate surface area is 418 Å². The minimum Gasteiger partial charge on any atom is -0.423 e. The first-order valence-electron chi connectivity index (χ1n) is 23.4. The van der Waals surface area contributed by atoms with Crippen LogP contribution < -0.4 is 29.4 Å². The third-order valence-corrected chi connectivity index (χ3v) is 13.3. The van der Waals surface area contributed by atoms with Gasteiger partial charge in [-0.25, -0.2) is 0 Å². The molecule has 0 atom stereocenters. The molecule has 0 spiro atoms. The molecule has 0 amide bonds. The molecule has 72 heavy (non-hydrogen) atoms. The highest BCUT2D eigenvalue weighted by molar-refractivity contribution is 7.20. The number of furan rings is 5. The van der Waals surface area contributed by atoms with Gasteiger partial charge in [-0.3, -0.25) is 29.4 Å². The molecule has 1 aliphatic rings. The summed E-state index contributed by atoms with van der Waals surface area (Å²) in [4.78, 5) is 12.1. The molecule has 7 heterocycles. The van der Waals surface area contributed by atoms with Gasteiger partial charge in [0.05, 0.1) is 22.7 Å². The standard InChI is InChI=1S/C60H42N6O5S/c1-7-19-43(20-8-1)61-49-31-32-50(67-49)62(44-21-9-2-10-22-44)52-34-36-54(69-52)64(46-25-13-4-14-26-46)56-38-40-58(71-56)66(48-29-17-6-18-30-48)60-42-41-59(72-60)65(47-27-15-5-16-28-47)57-39-37-55(70-57)63(45-23-11-3-12-24-45)53-35-33-51(61)68-53/h1-42H. The van der Waals surface area contributed by atoms with Gasteiger partial charge >= 0.3 is 0 Å². The fourth-order valence-corrected chi connectivity index (χ4v) is 10.0. The number of thiophene rings is 1. The molecule has 12 bridgehead atoms. The third-order valence-electron chi connectivity index (χ3n) is 12.2. The molecule has 0 unspecified atom stereocenters. The number of anilines is 18. The van der Waals surface area contributed by atoms with Crippen LogP contribution in [0.2, 0.25) is 0 Å². The number of hydrogen-bond donors (Lipinski definition) is 0. The van der Waals surface area contributed by atoms with Gasteiger partial charge in [0.15, 0.2) is 0 Å². The van der Waals surface area contributed by atoms with Crippen molar-refractivity contribution in [3.05, 3.63) is 255 Å². The van der Waals surface area contributed by atoms with Crippen molar-refractivity contribution in [3.63, 3.8) is 0 Å². The Bertz CT molecular complexity index is 2960. The zero-order valence-corrected chi connectivity index (χ0v) is 39.2. The minimum absolute atomic E-state index is 0.511. The molecule has 12 aromatic rings. The molecule has 13 rings (SSSR count). The van der Waals surface area contributed by atoms with E-state index in [-0.39, 0.29) is 0 Å². The molecule has 0 aliphatic carbocycles. The molecule has 6 aromatic carbocycles. The van der Waals surface area contributed by atoms with Crippen LogP contribution in [0.3, 0.4) is 0 Å².